The quantitative estimate of drug-likeness (QED) is 0.592. The van der Waals surface area contributed by atoms with E-state index in [2.05, 4.69) is 5.32 Å². The molecule has 0 aliphatic heterocycles. The second kappa shape index (κ2) is 9.18. The first-order chi connectivity index (χ1) is 14.7. The van der Waals surface area contributed by atoms with Crippen LogP contribution in [0.1, 0.15) is 11.1 Å². The number of benzene rings is 3. The Labute approximate surface area is 181 Å². The highest BCUT2D eigenvalue weighted by Crippen LogP contribution is 2.26. The van der Waals surface area contributed by atoms with Crippen molar-refractivity contribution in [3.05, 3.63) is 83.7 Å². The van der Waals surface area contributed by atoms with Gasteiger partial charge in [0.15, 0.2) is 0 Å². The Hall–Kier alpha value is -3.39. The van der Waals surface area contributed by atoms with E-state index in [1.54, 1.807) is 6.07 Å². The van der Waals surface area contributed by atoms with Crippen LogP contribution in [0.15, 0.2) is 71.6 Å². The van der Waals surface area contributed by atoms with Crippen molar-refractivity contribution in [2.24, 2.45) is 0 Å². The normalized spacial score (nSPS) is 11.1. The Balaban J connectivity index is 1.94. The summed E-state index contributed by atoms with van der Waals surface area (Å²) in [6, 6.07) is 16.3. The van der Waals surface area contributed by atoms with Gasteiger partial charge in [0.2, 0.25) is 5.91 Å². The lowest BCUT2D eigenvalue weighted by atomic mass is 10.1. The van der Waals surface area contributed by atoms with Gasteiger partial charge in [-0.25, -0.2) is 12.8 Å². The van der Waals surface area contributed by atoms with E-state index < -0.39 is 28.3 Å². The molecule has 0 saturated heterocycles. The summed E-state index contributed by atoms with van der Waals surface area (Å²) in [4.78, 5) is 12.8. The van der Waals surface area contributed by atoms with Gasteiger partial charge in [-0.2, -0.15) is 0 Å². The van der Waals surface area contributed by atoms with Gasteiger partial charge in [0.25, 0.3) is 10.0 Å². The number of carbonyl (C=O) groups excluding carboxylic acids is 1. The molecule has 3 rings (SSSR count). The number of carbonyl (C=O) groups is 1. The molecule has 0 bridgehead atoms. The molecule has 0 aliphatic rings. The number of halogens is 1. The predicted molar refractivity (Wildman–Crippen MR) is 118 cm³/mol. The van der Waals surface area contributed by atoms with Gasteiger partial charge in [0, 0.05) is 5.69 Å². The first kappa shape index (κ1) is 22.3. The first-order valence-electron chi connectivity index (χ1n) is 9.50. The number of nitrogens with zero attached hydrogens (tertiary/aromatic N) is 1. The van der Waals surface area contributed by atoms with Gasteiger partial charge in [-0.1, -0.05) is 17.7 Å². The van der Waals surface area contributed by atoms with Crippen LogP contribution < -0.4 is 14.4 Å². The van der Waals surface area contributed by atoms with Crippen molar-refractivity contribution < 1.29 is 22.3 Å². The molecule has 1 amide bonds. The number of hydrogen-bond acceptors (Lipinski definition) is 4. The molecule has 0 aliphatic carbocycles. The number of ether oxygens (including phenoxy) is 1. The fourth-order valence-corrected chi connectivity index (χ4v) is 4.49. The highest BCUT2D eigenvalue weighted by atomic mass is 32.2. The minimum atomic E-state index is -4.10. The third-order valence-electron chi connectivity index (χ3n) is 4.71. The second-order valence-corrected chi connectivity index (χ2v) is 8.89. The van der Waals surface area contributed by atoms with Crippen molar-refractivity contribution in [1.29, 1.82) is 0 Å². The number of nitrogens with one attached hydrogen (secondary N) is 1. The highest BCUT2D eigenvalue weighted by molar-refractivity contribution is 7.92. The molecular weight excluding hydrogens is 419 g/mol. The number of sulfonamides is 1. The molecule has 0 spiro atoms. The van der Waals surface area contributed by atoms with Crippen molar-refractivity contribution in [2.75, 3.05) is 23.3 Å². The number of rotatable bonds is 7. The largest absolute Gasteiger partial charge is 0.497 e. The molecule has 0 aromatic heterocycles. The highest BCUT2D eigenvalue weighted by Gasteiger charge is 2.27. The van der Waals surface area contributed by atoms with Crippen LogP contribution in [0.25, 0.3) is 0 Å². The fourth-order valence-electron chi connectivity index (χ4n) is 3.07. The topological polar surface area (TPSA) is 75.7 Å². The van der Waals surface area contributed by atoms with Crippen LogP contribution in [0, 0.1) is 19.7 Å². The Morgan fingerprint density at radius 3 is 2.23 bits per heavy atom. The molecule has 0 fully saturated rings. The van der Waals surface area contributed by atoms with Crippen molar-refractivity contribution >= 4 is 27.3 Å². The molecule has 31 heavy (non-hydrogen) atoms. The summed E-state index contributed by atoms with van der Waals surface area (Å²) in [6.07, 6.45) is 0. The summed E-state index contributed by atoms with van der Waals surface area (Å²) in [5.74, 6) is -0.529. The molecule has 8 heteroatoms. The van der Waals surface area contributed by atoms with Crippen molar-refractivity contribution in [3.63, 3.8) is 0 Å². The number of aryl methyl sites for hydroxylation is 2. The number of amides is 1. The van der Waals surface area contributed by atoms with E-state index in [4.69, 9.17) is 4.74 Å². The van der Waals surface area contributed by atoms with Crippen LogP contribution in [-0.2, 0) is 14.8 Å². The van der Waals surface area contributed by atoms with E-state index in [1.807, 2.05) is 26.0 Å². The number of anilines is 2. The van der Waals surface area contributed by atoms with Crippen molar-refractivity contribution in [1.82, 2.24) is 0 Å². The van der Waals surface area contributed by atoms with Crippen LogP contribution in [-0.4, -0.2) is 28.0 Å². The first-order valence-corrected chi connectivity index (χ1v) is 10.9. The monoisotopic (exact) mass is 442 g/mol. The Morgan fingerprint density at radius 2 is 1.65 bits per heavy atom. The summed E-state index contributed by atoms with van der Waals surface area (Å²) in [5, 5.41) is 2.75. The molecule has 162 valence electrons. The number of methoxy groups -OCH3 is 1. The second-order valence-electron chi connectivity index (χ2n) is 7.03. The maximum atomic E-state index is 13.4. The van der Waals surface area contributed by atoms with Crippen LogP contribution in [0.2, 0.25) is 0 Å². The summed E-state index contributed by atoms with van der Waals surface area (Å²) >= 11 is 0. The van der Waals surface area contributed by atoms with Crippen molar-refractivity contribution in [3.8, 4) is 5.75 Å². The van der Waals surface area contributed by atoms with E-state index in [0.29, 0.717) is 11.4 Å². The average molecular weight is 443 g/mol. The van der Waals surface area contributed by atoms with E-state index in [0.717, 1.165) is 27.6 Å². The Morgan fingerprint density at radius 1 is 1.00 bits per heavy atom. The minimum Gasteiger partial charge on any atom is -0.497 e. The molecule has 3 aromatic rings. The van der Waals surface area contributed by atoms with Crippen LogP contribution in [0.5, 0.6) is 5.75 Å². The molecule has 0 heterocycles. The third kappa shape index (κ3) is 5.21. The van der Waals surface area contributed by atoms with Crippen LogP contribution >= 0.6 is 0 Å². The molecule has 3 aromatic carbocycles. The zero-order chi connectivity index (χ0) is 22.6. The maximum absolute atomic E-state index is 13.4. The maximum Gasteiger partial charge on any atom is 0.264 e. The predicted octanol–water partition coefficient (Wildman–Crippen LogP) is 4.29. The van der Waals surface area contributed by atoms with E-state index in [1.165, 1.54) is 43.5 Å². The Bertz CT molecular complexity index is 1180. The van der Waals surface area contributed by atoms with Crippen molar-refractivity contribution in [2.45, 2.75) is 18.7 Å². The smallest absolute Gasteiger partial charge is 0.264 e. The lowest BCUT2D eigenvalue weighted by Gasteiger charge is -2.24. The van der Waals surface area contributed by atoms with Gasteiger partial charge in [0.05, 0.1) is 17.7 Å². The van der Waals surface area contributed by atoms with E-state index in [9.17, 15) is 17.6 Å². The molecule has 6 nitrogen and oxygen atoms in total. The lowest BCUT2D eigenvalue weighted by molar-refractivity contribution is -0.114. The molecule has 0 radical (unpaired) electrons. The average Bonchev–Trinajstić information content (AvgIpc) is 2.75. The zero-order valence-corrected chi connectivity index (χ0v) is 18.2. The van der Waals surface area contributed by atoms with Gasteiger partial charge in [0.1, 0.15) is 18.1 Å². The molecular formula is C23H23FN2O4S. The van der Waals surface area contributed by atoms with Gasteiger partial charge >= 0.3 is 0 Å². The zero-order valence-electron chi connectivity index (χ0n) is 17.4. The van der Waals surface area contributed by atoms with Gasteiger partial charge in [-0.3, -0.25) is 9.10 Å². The minimum absolute atomic E-state index is 0.0167. The fraction of sp³-hybridized carbons (Fsp3) is 0.174. The molecule has 0 saturated carbocycles. The summed E-state index contributed by atoms with van der Waals surface area (Å²) in [6.45, 7) is 3.32. The van der Waals surface area contributed by atoms with E-state index in [-0.39, 0.29) is 10.6 Å². The van der Waals surface area contributed by atoms with Gasteiger partial charge in [-0.15, -0.1) is 0 Å². The SMILES string of the molecule is COc1ccc(S(=O)(=O)N(CC(=O)Nc2ccc(C)cc2C)c2ccc(F)cc2)cc1. The summed E-state index contributed by atoms with van der Waals surface area (Å²) in [5.41, 5.74) is 2.68. The lowest BCUT2D eigenvalue weighted by Crippen LogP contribution is -2.38. The molecule has 1 N–H and O–H groups in total. The van der Waals surface area contributed by atoms with Crippen LogP contribution in [0.4, 0.5) is 15.8 Å². The summed E-state index contributed by atoms with van der Waals surface area (Å²) < 4.78 is 46.1. The van der Waals surface area contributed by atoms with E-state index >= 15 is 0 Å². The van der Waals surface area contributed by atoms with Gasteiger partial charge < -0.3 is 10.1 Å². The molecule has 0 atom stereocenters. The Kier molecular flexibility index (Phi) is 6.60. The standard InChI is InChI=1S/C23H23FN2O4S/c1-16-4-13-22(17(2)14-16)25-23(27)15-26(19-7-5-18(24)6-8-19)31(28,29)21-11-9-20(30-3)10-12-21/h4-14H,15H2,1-3H3,(H,25,27). The number of hydrogen-bond donors (Lipinski definition) is 1. The summed E-state index contributed by atoms with van der Waals surface area (Å²) in [7, 11) is -2.62. The third-order valence-corrected chi connectivity index (χ3v) is 6.49. The van der Waals surface area contributed by atoms with Crippen LogP contribution in [0.3, 0.4) is 0 Å². The van der Waals surface area contributed by atoms with Gasteiger partial charge in [-0.05, 0) is 74.0 Å². The molecule has 0 unspecified atom stereocenters.